The molecule has 0 amide bonds. The molecule has 0 saturated carbocycles. The van der Waals surface area contributed by atoms with Crippen LogP contribution < -0.4 is 0 Å². The van der Waals surface area contributed by atoms with Crippen LogP contribution in [0, 0.1) is 0 Å². The van der Waals surface area contributed by atoms with Crippen LogP contribution in [0.25, 0.3) is 66.4 Å². The molecule has 6 aromatic heterocycles. The Kier molecular flexibility index (Phi) is 5.77. The third kappa shape index (κ3) is 4.18. The lowest BCUT2D eigenvalue weighted by Crippen LogP contribution is -1.95. The Labute approximate surface area is 258 Å². The van der Waals surface area contributed by atoms with Crippen LogP contribution in [0.15, 0.2) is 146 Å². The highest BCUT2D eigenvalue weighted by molar-refractivity contribution is 6.07. The minimum absolute atomic E-state index is 0.867. The van der Waals surface area contributed by atoms with Crippen molar-refractivity contribution in [3.63, 3.8) is 0 Å². The van der Waals surface area contributed by atoms with Crippen molar-refractivity contribution in [2.24, 2.45) is 0 Å². The van der Waals surface area contributed by atoms with Gasteiger partial charge >= 0.3 is 0 Å². The second kappa shape index (κ2) is 10.2. The lowest BCUT2D eigenvalue weighted by Gasteiger charge is -2.10. The highest BCUT2D eigenvalue weighted by atomic mass is 15.0. The maximum Gasteiger partial charge on any atom is 0.0964 e. The van der Waals surface area contributed by atoms with Crippen LogP contribution in [0.1, 0.15) is 11.1 Å². The van der Waals surface area contributed by atoms with Crippen molar-refractivity contribution < 1.29 is 0 Å². The highest BCUT2D eigenvalue weighted by Crippen LogP contribution is 2.32. The molecule has 0 bridgehead atoms. The van der Waals surface area contributed by atoms with Gasteiger partial charge in [-0.1, -0.05) is 48.5 Å². The predicted octanol–water partition coefficient (Wildman–Crippen LogP) is 8.72. The average molecular weight is 579 g/mol. The van der Waals surface area contributed by atoms with Crippen molar-refractivity contribution in [1.82, 2.24) is 29.1 Å². The molecule has 0 aliphatic carbocycles. The monoisotopic (exact) mass is 578 g/mol. The summed E-state index contributed by atoms with van der Waals surface area (Å²) in [5.74, 6) is 0. The first-order chi connectivity index (χ1) is 22.3. The van der Waals surface area contributed by atoms with Crippen LogP contribution in [-0.4, -0.2) is 29.1 Å². The molecule has 3 aromatic carbocycles. The summed E-state index contributed by atoms with van der Waals surface area (Å²) < 4.78 is 4.47. The van der Waals surface area contributed by atoms with E-state index >= 15 is 0 Å². The molecular formula is C39H26N6. The van der Waals surface area contributed by atoms with Gasteiger partial charge in [0.05, 0.1) is 45.5 Å². The second-order valence-electron chi connectivity index (χ2n) is 11.3. The standard InChI is InChI=1S/C39H26N6/c1-3-34-38(42-19-1)32-17-21-40-24-36(32)44(34)30-13-7-27(8-14-30)23-26-5-9-28(10-6-26)29-11-15-31(16-12-29)45-35-4-2-20-43-39(35)33-18-22-41-25-37(33)45/h1-22,24-25H,23H2. The molecule has 0 aliphatic rings. The zero-order valence-corrected chi connectivity index (χ0v) is 24.2. The Bertz CT molecular complexity index is 2380. The van der Waals surface area contributed by atoms with Gasteiger partial charge in [-0.25, -0.2) is 0 Å². The quantitative estimate of drug-likeness (QED) is 0.205. The van der Waals surface area contributed by atoms with Crippen LogP contribution >= 0.6 is 0 Å². The van der Waals surface area contributed by atoms with E-state index in [0.717, 1.165) is 61.7 Å². The molecule has 0 N–H and O–H groups in total. The zero-order chi connectivity index (χ0) is 29.7. The summed E-state index contributed by atoms with van der Waals surface area (Å²) in [4.78, 5) is 18.0. The zero-order valence-electron chi connectivity index (χ0n) is 24.2. The van der Waals surface area contributed by atoms with Gasteiger partial charge in [0.2, 0.25) is 0 Å². The molecule has 6 heterocycles. The van der Waals surface area contributed by atoms with Crippen LogP contribution in [0.5, 0.6) is 0 Å². The molecule has 0 atom stereocenters. The Morgan fingerprint density at radius 1 is 0.422 bits per heavy atom. The van der Waals surface area contributed by atoms with Crippen molar-refractivity contribution in [2.45, 2.75) is 6.42 Å². The van der Waals surface area contributed by atoms with Gasteiger partial charge in [0.1, 0.15) is 0 Å². The summed E-state index contributed by atoms with van der Waals surface area (Å²) in [6, 6.07) is 38.7. The molecule has 0 radical (unpaired) electrons. The van der Waals surface area contributed by atoms with E-state index in [2.05, 4.69) is 114 Å². The number of rotatable bonds is 5. The first kappa shape index (κ1) is 25.4. The SMILES string of the molecule is c1cnc2c3ccncc3n(-c3ccc(Cc4ccc(-c5ccc(-n6c7cnccc7c7ncccc76)cc5)cc4)cc3)c2c1. The second-order valence-corrected chi connectivity index (χ2v) is 11.3. The van der Waals surface area contributed by atoms with E-state index in [-0.39, 0.29) is 0 Å². The number of nitrogens with zero attached hydrogens (tertiary/aromatic N) is 6. The van der Waals surface area contributed by atoms with Crippen molar-refractivity contribution in [3.05, 3.63) is 158 Å². The third-order valence-electron chi connectivity index (χ3n) is 8.66. The first-order valence-corrected chi connectivity index (χ1v) is 15.0. The van der Waals surface area contributed by atoms with Gasteiger partial charge < -0.3 is 9.13 Å². The van der Waals surface area contributed by atoms with Gasteiger partial charge in [0.25, 0.3) is 0 Å². The molecule has 0 fully saturated rings. The van der Waals surface area contributed by atoms with Gasteiger partial charge in [-0.05, 0) is 89.3 Å². The fraction of sp³-hybridized carbons (Fsp3) is 0.0256. The summed E-state index contributed by atoms with van der Waals surface area (Å²) in [5, 5.41) is 2.22. The summed E-state index contributed by atoms with van der Waals surface area (Å²) in [6.07, 6.45) is 12.0. The number of fused-ring (bicyclic) bond motifs is 6. The summed E-state index contributed by atoms with van der Waals surface area (Å²) in [5.41, 5.74) is 13.4. The van der Waals surface area contributed by atoms with Gasteiger partial charge in [0.15, 0.2) is 0 Å². The first-order valence-electron chi connectivity index (χ1n) is 15.0. The van der Waals surface area contributed by atoms with E-state index in [1.165, 1.54) is 22.3 Å². The van der Waals surface area contributed by atoms with Crippen molar-refractivity contribution in [1.29, 1.82) is 0 Å². The molecule has 0 saturated heterocycles. The molecule has 9 rings (SSSR count). The van der Waals surface area contributed by atoms with E-state index in [1.54, 1.807) is 0 Å². The molecule has 45 heavy (non-hydrogen) atoms. The Balaban J connectivity index is 0.966. The van der Waals surface area contributed by atoms with Gasteiger partial charge in [-0.15, -0.1) is 0 Å². The van der Waals surface area contributed by atoms with Crippen LogP contribution in [0.4, 0.5) is 0 Å². The summed E-state index contributed by atoms with van der Waals surface area (Å²) >= 11 is 0. The molecule has 0 unspecified atom stereocenters. The predicted molar refractivity (Wildman–Crippen MR) is 181 cm³/mol. The van der Waals surface area contributed by atoms with Crippen molar-refractivity contribution in [2.75, 3.05) is 0 Å². The topological polar surface area (TPSA) is 61.4 Å². The van der Waals surface area contributed by atoms with E-state index in [4.69, 9.17) is 0 Å². The van der Waals surface area contributed by atoms with Gasteiger partial charge in [-0.3, -0.25) is 19.9 Å². The van der Waals surface area contributed by atoms with E-state index < -0.39 is 0 Å². The molecule has 212 valence electrons. The maximum absolute atomic E-state index is 4.64. The maximum atomic E-state index is 4.64. The molecule has 6 heteroatoms. The Hall–Kier alpha value is -6.14. The van der Waals surface area contributed by atoms with Crippen molar-refractivity contribution >= 4 is 43.9 Å². The van der Waals surface area contributed by atoms with E-state index in [9.17, 15) is 0 Å². The fourth-order valence-electron chi connectivity index (χ4n) is 6.53. The van der Waals surface area contributed by atoms with E-state index in [0.29, 0.717) is 0 Å². The number of benzene rings is 3. The van der Waals surface area contributed by atoms with Crippen LogP contribution in [0.2, 0.25) is 0 Å². The smallest absolute Gasteiger partial charge is 0.0964 e. The summed E-state index contributed by atoms with van der Waals surface area (Å²) in [6.45, 7) is 0. The fourth-order valence-corrected chi connectivity index (χ4v) is 6.53. The van der Waals surface area contributed by atoms with Crippen LogP contribution in [0.3, 0.4) is 0 Å². The van der Waals surface area contributed by atoms with E-state index in [1.807, 2.05) is 61.4 Å². The largest absolute Gasteiger partial charge is 0.306 e. The highest BCUT2D eigenvalue weighted by Gasteiger charge is 2.14. The minimum atomic E-state index is 0.867. The van der Waals surface area contributed by atoms with Crippen LogP contribution in [-0.2, 0) is 6.42 Å². The Morgan fingerprint density at radius 3 is 1.38 bits per heavy atom. The van der Waals surface area contributed by atoms with Crippen molar-refractivity contribution in [3.8, 4) is 22.5 Å². The summed E-state index contributed by atoms with van der Waals surface area (Å²) in [7, 11) is 0. The molecule has 0 spiro atoms. The molecule has 9 aromatic rings. The lowest BCUT2D eigenvalue weighted by molar-refractivity contribution is 1.14. The minimum Gasteiger partial charge on any atom is -0.306 e. The number of hydrogen-bond acceptors (Lipinski definition) is 4. The number of pyridine rings is 4. The van der Waals surface area contributed by atoms with Gasteiger partial charge in [-0.2, -0.15) is 0 Å². The normalized spacial score (nSPS) is 11.6. The average Bonchev–Trinajstić information content (AvgIpc) is 3.62. The third-order valence-corrected chi connectivity index (χ3v) is 8.66. The molecule has 0 aliphatic heterocycles. The number of aromatic nitrogens is 6. The lowest BCUT2D eigenvalue weighted by atomic mass is 10.00. The number of hydrogen-bond donors (Lipinski definition) is 0. The van der Waals surface area contributed by atoms with Gasteiger partial charge in [0, 0.05) is 46.9 Å². The molecule has 6 nitrogen and oxygen atoms in total. The molecular weight excluding hydrogens is 552 g/mol. The Morgan fingerprint density at radius 2 is 0.867 bits per heavy atom.